The molecule has 9 unspecified atom stereocenters. The first kappa shape index (κ1) is 55.2. The summed E-state index contributed by atoms with van der Waals surface area (Å²) in [4.78, 5) is 124. The van der Waals surface area contributed by atoms with E-state index in [-0.39, 0.29) is 116 Å². The largest absolute Gasteiger partial charge is 0.457 e. The van der Waals surface area contributed by atoms with Gasteiger partial charge in [0.2, 0.25) is 20.2 Å². The van der Waals surface area contributed by atoms with Crippen LogP contribution in [0.25, 0.3) is 0 Å². The van der Waals surface area contributed by atoms with Gasteiger partial charge < -0.3 is 58.0 Å². The maximum absolute atomic E-state index is 16.2. The Hall–Kier alpha value is -5.49. The molecule has 126 heavy (non-hydrogen) atoms. The molecule has 3 N–H and O–H groups in total. The van der Waals surface area contributed by atoms with E-state index in [1.165, 1.54) is 19.4 Å². The fourth-order valence-electron chi connectivity index (χ4n) is 25.4. The Kier molecular flexibility index (Phi) is 15.3. The SMILES string of the molecule is [2H]C1([2H])C[C@@H]2[C@H]([C@@H](O)C[C@@]3(C)[C@H]2C[C@H]2O[C@@H](C4CCCCC4C)O[C@]23C(=O)COC(=O)C([2H])(C)CC)[C@@]2(C)C=C(C)C(=O)C=C12.[2H]C[C@]12C([2H])=C(C)C(=O)C([2H])=C1C([2H])([2H])C([2H])([2H])[C@@]1([2H])[C@]3([2H])C([2H])([2H])[C@@]4([2H])O[C@@]([2H])(C5([2H])C([2H])([2H])C([2H])([2H])C([2H])([2H])C([2H])([2H])C5([2H])C)O[C@@]4(C(=O)C([2H])([2H])OC(=O)C([2H])(C([2H])([2H])[2H])C([2H])([2H])C)[C@@]3(C[2H])C([2H])([2H])[C@]([2H])(O[2H])[C@]21[2H].[2H]O[C@H]1C[C@@]2(C)[C@@H](C[C@H]3O[C@@H](C4CCCCC4C)O[C@]32C(=O)COC(=O)C(C)CC)[C@@H]2CCC3=CC(=O)C(C)=C[C@]3(C)[C@H]21. The predicted octanol–water partition coefficient (Wildman–Crippen LogP) is 17.2. The number of fused-ring (bicyclic) bond motifs is 21. The first-order valence-electron chi connectivity index (χ1n) is 65.6. The number of Topliss-reactive ketones (excluding diaryl/α,β-unsaturated/α-hetero) is 3. The van der Waals surface area contributed by atoms with Gasteiger partial charge in [-0.05, 0) is 224 Å². The number of hydrogen-bond acceptors (Lipinski definition) is 21. The molecule has 0 spiro atoms. The van der Waals surface area contributed by atoms with Gasteiger partial charge in [0.15, 0.2) is 72.8 Å². The minimum atomic E-state index is -5.69. The van der Waals surface area contributed by atoms with Crippen molar-refractivity contribution in [1.82, 2.24) is 0 Å². The molecule has 0 aromatic carbocycles. The maximum Gasteiger partial charge on any atom is 0.309 e. The van der Waals surface area contributed by atoms with Crippen LogP contribution in [0.3, 0.4) is 0 Å². The molecule has 0 aromatic rings. The van der Waals surface area contributed by atoms with Crippen molar-refractivity contribution in [1.29, 1.82) is 2.86 Å². The van der Waals surface area contributed by atoms with Crippen LogP contribution in [-0.4, -0.2) is 163 Å². The van der Waals surface area contributed by atoms with E-state index in [2.05, 4.69) is 43.6 Å². The average Bonchev–Trinajstić information content (AvgIpc) is 1.41. The molecule has 0 bridgehead atoms. The Balaban J connectivity index is 0.000000188. The molecule has 15 fully saturated rings. The first-order chi connectivity index (χ1) is 75.7. The number of rotatable bonds is 20. The maximum atomic E-state index is 16.2. The second-order valence-corrected chi connectivity index (χ2v) is 39.3. The summed E-state index contributed by atoms with van der Waals surface area (Å²) < 4.78 is 427. The quantitative estimate of drug-likeness (QED) is 0.0753. The number of aliphatic hydroxyl groups excluding tert-OH is 2. The van der Waals surface area contributed by atoms with Crippen LogP contribution < -0.4 is 0 Å². The van der Waals surface area contributed by atoms with E-state index in [4.69, 9.17) is 74.7 Å². The minimum absolute atomic E-state index is 0.00509. The molecule has 3 heterocycles. The van der Waals surface area contributed by atoms with Crippen molar-refractivity contribution >= 4 is 52.6 Å². The number of hydrogen-bond donors (Lipinski definition) is 3. The van der Waals surface area contributed by atoms with Gasteiger partial charge in [-0.3, -0.25) is 43.2 Å². The molecule has 21 heteroatoms. The number of carbonyl (C=O) groups excluding carboxylic acids is 9. The van der Waals surface area contributed by atoms with Crippen molar-refractivity contribution in [2.75, 3.05) is 19.8 Å². The van der Waals surface area contributed by atoms with Gasteiger partial charge in [0, 0.05) is 112 Å². The van der Waals surface area contributed by atoms with Crippen LogP contribution in [0, 0.1) is 139 Å². The lowest BCUT2D eigenvalue weighted by Crippen LogP contribution is -2.64. The molecule has 3 aliphatic heterocycles. The Morgan fingerprint density at radius 1 is 0.611 bits per heavy atom. The standard InChI is InChI=1S/3C35H50O7/c3*1-7-19(2)31(39)40-18-28(38)35-29(41-32(42-35)23-11-9-8-10-20(23)3)15-25-24-13-12-22-14-26(36)21(4)16-33(22,5)30(24)27(37)17-34(25,35)6/h3*14,16,19-20,23-25,27,29-30,32,37H,7-13,15,17-18H2,1-6H3/t3*19?,20?,23?,24-,25-,27-,29+,30+,32+,33-,34-,35+/m000/s1/i2D3,5D,6D,7D2,8D2,9D2,10D2,11D2,12D2,13D2,14D,15D2,16D,17D2,18D2,19D,20D,23D,24D,25D,27D,29D,30D,32D,37D;12D2,19D;37D. The molecule has 3 saturated heterocycles. The number of ether oxygens (including phenoxy) is 9. The summed E-state index contributed by atoms with van der Waals surface area (Å²) in [5, 5.41) is 22.3. The predicted molar refractivity (Wildman–Crippen MR) is 471 cm³/mol. The van der Waals surface area contributed by atoms with Gasteiger partial charge in [0.05, 0.1) is 63.9 Å². The molecule has 0 radical (unpaired) electrons. The molecule has 0 amide bonds. The van der Waals surface area contributed by atoms with Crippen molar-refractivity contribution in [3.63, 3.8) is 0 Å². The van der Waals surface area contributed by atoms with Crippen LogP contribution in [0.5, 0.6) is 0 Å². The average molecular weight is 1790 g/mol. The van der Waals surface area contributed by atoms with Gasteiger partial charge in [-0.2, -0.15) is 0 Å². The zero-order valence-corrected chi connectivity index (χ0v) is 74.6. The lowest BCUT2D eigenvalue weighted by molar-refractivity contribution is -0.213. The second-order valence-electron chi connectivity index (χ2n) is 39.3. The Morgan fingerprint density at radius 2 is 1.19 bits per heavy atom. The van der Waals surface area contributed by atoms with Gasteiger partial charge in [-0.1, -0.05) is 196 Å². The monoisotopic (exact) mass is 1790 g/mol. The van der Waals surface area contributed by atoms with E-state index in [0.717, 1.165) is 68.9 Å². The third-order valence-electron chi connectivity index (χ3n) is 32.5. The number of allylic oxidation sites excluding steroid dienone is 12. The topological polar surface area (TPSA) is 297 Å². The molecular formula is C105H150O21. The molecule has 21 nitrogen and oxygen atoms in total. The van der Waals surface area contributed by atoms with E-state index < -0.39 is 296 Å². The van der Waals surface area contributed by atoms with E-state index in [9.17, 15) is 68.1 Å². The summed E-state index contributed by atoms with van der Waals surface area (Å²) in [6, 6.07) is -3.49. The van der Waals surface area contributed by atoms with Crippen molar-refractivity contribution < 1.29 is 155 Å². The molecule has 15 aliphatic carbocycles. The number of ketones is 6. The number of aliphatic hydroxyl groups is 3. The van der Waals surface area contributed by atoms with Gasteiger partial charge in [-0.25, -0.2) is 0 Å². The molecular weight excluding hydrogens is 1600 g/mol. The summed E-state index contributed by atoms with van der Waals surface area (Å²) in [6.07, 6.45) is -43.9. The van der Waals surface area contributed by atoms with Gasteiger partial charge in [0.1, 0.15) is 0 Å². The van der Waals surface area contributed by atoms with Crippen LogP contribution in [0.15, 0.2) is 69.8 Å². The smallest absolute Gasteiger partial charge is 0.309 e. The van der Waals surface area contributed by atoms with Crippen LogP contribution in [0.2, 0.25) is 0 Å². The highest BCUT2D eigenvalue weighted by atomic mass is 16.8. The molecule has 18 rings (SSSR count). The zero-order chi connectivity index (χ0) is 127. The highest BCUT2D eigenvalue weighted by Crippen LogP contribution is 2.75. The van der Waals surface area contributed by atoms with Gasteiger partial charge in [-0.15, -0.1) is 0 Å². The zero-order valence-electron chi connectivity index (χ0n) is 116. The lowest BCUT2D eigenvalue weighted by Gasteiger charge is -2.60. The summed E-state index contributed by atoms with van der Waals surface area (Å²) in [5.74, 6) is -41.2. The first-order valence-corrected chi connectivity index (χ1v) is 44.9. The molecule has 18 aliphatic rings. The second kappa shape index (κ2) is 34.8. The van der Waals surface area contributed by atoms with Crippen molar-refractivity contribution in [3.8, 4) is 0 Å². The van der Waals surface area contributed by atoms with E-state index in [0.29, 0.717) is 55.6 Å². The van der Waals surface area contributed by atoms with Crippen LogP contribution in [0.1, 0.15) is 351 Å². The van der Waals surface area contributed by atoms with E-state index in [1.54, 1.807) is 13.8 Å². The van der Waals surface area contributed by atoms with Crippen LogP contribution in [0.4, 0.5) is 0 Å². The van der Waals surface area contributed by atoms with Crippen molar-refractivity contribution in [2.45, 2.75) is 370 Å². The van der Waals surface area contributed by atoms with Crippen LogP contribution >= 0.6 is 0 Å². The Labute approximate surface area is 806 Å². The summed E-state index contributed by atoms with van der Waals surface area (Å²) in [7, 11) is 0. The third kappa shape index (κ3) is 14.7. The fourth-order valence-corrected chi connectivity index (χ4v) is 25.4. The fraction of sp³-hybridized carbons (Fsp3) is 0.800. The molecule has 696 valence electrons. The lowest BCUT2D eigenvalue weighted by atomic mass is 9.46. The van der Waals surface area contributed by atoms with E-state index in [1.807, 2.05) is 46.8 Å². The molecule has 36 atom stereocenters. The minimum Gasteiger partial charge on any atom is -0.457 e. The highest BCUT2D eigenvalue weighted by Gasteiger charge is 2.81. The summed E-state index contributed by atoms with van der Waals surface area (Å²) >= 11 is 0. The highest BCUT2D eigenvalue weighted by molar-refractivity contribution is 6.07. The summed E-state index contributed by atoms with van der Waals surface area (Å²) in [6.45, 7) is 8.61. The van der Waals surface area contributed by atoms with Gasteiger partial charge in [0.25, 0.3) is 0 Å². The summed E-state index contributed by atoms with van der Waals surface area (Å²) in [5.41, 5.74) is -21.0. The van der Waals surface area contributed by atoms with E-state index >= 15 is 4.79 Å². The number of carbonyl (C=O) groups is 9. The number of esters is 3. The third-order valence-corrected chi connectivity index (χ3v) is 32.5. The van der Waals surface area contributed by atoms with Crippen molar-refractivity contribution in [3.05, 3.63) is 69.8 Å². The van der Waals surface area contributed by atoms with Crippen LogP contribution in [-0.2, 0) is 85.8 Å². The van der Waals surface area contributed by atoms with Crippen molar-refractivity contribution in [2.24, 2.45) is 139 Å². The van der Waals surface area contributed by atoms with Gasteiger partial charge >= 0.3 is 17.9 Å². The Morgan fingerprint density at radius 3 is 1.77 bits per heavy atom. The Bertz CT molecular complexity index is 6480. The molecule has 0 aromatic heterocycles. The molecule has 12 saturated carbocycles. The normalized spacial score (nSPS) is 60.9.